The third-order valence-electron chi connectivity index (χ3n) is 1.78. The van der Waals surface area contributed by atoms with Gasteiger partial charge in [-0.2, -0.15) is 4.98 Å². The molecule has 0 aliphatic carbocycles. The lowest BCUT2D eigenvalue weighted by atomic mass is 10.3. The van der Waals surface area contributed by atoms with Crippen LogP contribution in [0.5, 0.6) is 0 Å². The first-order valence-corrected chi connectivity index (χ1v) is 4.84. The maximum atomic E-state index is 12.6. The first-order chi connectivity index (χ1) is 7.28. The highest BCUT2D eigenvalue weighted by Gasteiger charge is 2.02. The van der Waals surface area contributed by atoms with Crippen LogP contribution in [0.4, 0.5) is 16.1 Å². The van der Waals surface area contributed by atoms with E-state index in [0.717, 1.165) is 0 Å². The second kappa shape index (κ2) is 4.31. The average Bonchev–Trinajstić information content (AvgIpc) is 2.69. The number of aromatic nitrogens is 1. The highest BCUT2D eigenvalue weighted by molar-refractivity contribution is 6.16. The van der Waals surface area contributed by atoms with Crippen molar-refractivity contribution in [1.82, 2.24) is 4.98 Å². The number of hydrogen-bond donors (Lipinski definition) is 1. The lowest BCUT2D eigenvalue weighted by Gasteiger charge is -1.99. The van der Waals surface area contributed by atoms with E-state index in [1.54, 1.807) is 12.1 Å². The van der Waals surface area contributed by atoms with Crippen molar-refractivity contribution in [3.63, 3.8) is 0 Å². The van der Waals surface area contributed by atoms with Gasteiger partial charge >= 0.3 is 0 Å². The van der Waals surface area contributed by atoms with Crippen molar-refractivity contribution in [2.45, 2.75) is 5.88 Å². The Morgan fingerprint density at radius 2 is 2.07 bits per heavy atom. The molecule has 0 aliphatic heterocycles. The Labute approximate surface area is 90.9 Å². The standard InChI is InChI=1S/C10H8ClFN2O/c11-5-9-6-15-10(14-9)13-8-3-1-7(12)2-4-8/h1-4,6H,5H2,(H,13,14). The summed E-state index contributed by atoms with van der Waals surface area (Å²) >= 11 is 5.56. The van der Waals surface area contributed by atoms with Crippen molar-refractivity contribution in [1.29, 1.82) is 0 Å². The predicted octanol–water partition coefficient (Wildman–Crippen LogP) is 3.30. The summed E-state index contributed by atoms with van der Waals surface area (Å²) in [5.74, 6) is 0.0172. The van der Waals surface area contributed by atoms with E-state index in [4.69, 9.17) is 16.0 Å². The number of halogens is 2. The quantitative estimate of drug-likeness (QED) is 0.816. The van der Waals surface area contributed by atoms with Crippen molar-refractivity contribution < 1.29 is 8.81 Å². The predicted molar refractivity (Wildman–Crippen MR) is 55.7 cm³/mol. The van der Waals surface area contributed by atoms with Crippen LogP contribution in [0.2, 0.25) is 0 Å². The molecule has 0 amide bonds. The normalized spacial score (nSPS) is 10.3. The summed E-state index contributed by atoms with van der Waals surface area (Å²) in [5.41, 5.74) is 1.36. The van der Waals surface area contributed by atoms with Crippen LogP contribution in [0.1, 0.15) is 5.69 Å². The van der Waals surface area contributed by atoms with Crippen LogP contribution in [0.25, 0.3) is 0 Å². The Bertz CT molecular complexity index is 441. The Kier molecular flexibility index (Phi) is 2.87. The third-order valence-corrected chi connectivity index (χ3v) is 2.06. The fourth-order valence-electron chi connectivity index (χ4n) is 1.08. The molecular formula is C10H8ClFN2O. The summed E-state index contributed by atoms with van der Waals surface area (Å²) in [4.78, 5) is 4.04. The van der Waals surface area contributed by atoms with Crippen LogP contribution < -0.4 is 5.32 Å². The van der Waals surface area contributed by atoms with E-state index in [2.05, 4.69) is 10.3 Å². The molecule has 0 saturated carbocycles. The van der Waals surface area contributed by atoms with E-state index in [-0.39, 0.29) is 5.82 Å². The zero-order valence-electron chi connectivity index (χ0n) is 7.71. The maximum absolute atomic E-state index is 12.6. The van der Waals surface area contributed by atoms with E-state index in [1.165, 1.54) is 18.4 Å². The number of alkyl halides is 1. The van der Waals surface area contributed by atoms with Crippen LogP contribution in [0.15, 0.2) is 34.9 Å². The van der Waals surface area contributed by atoms with Crippen LogP contribution >= 0.6 is 11.6 Å². The lowest BCUT2D eigenvalue weighted by Crippen LogP contribution is -1.90. The zero-order valence-corrected chi connectivity index (χ0v) is 8.46. The molecule has 0 radical (unpaired) electrons. The summed E-state index contributed by atoms with van der Waals surface area (Å²) in [7, 11) is 0. The van der Waals surface area contributed by atoms with E-state index in [9.17, 15) is 4.39 Å². The van der Waals surface area contributed by atoms with Gasteiger partial charge in [-0.15, -0.1) is 11.6 Å². The second-order valence-electron chi connectivity index (χ2n) is 2.91. The van der Waals surface area contributed by atoms with Gasteiger partial charge in [-0.3, -0.25) is 0 Å². The van der Waals surface area contributed by atoms with Crippen molar-refractivity contribution in [3.8, 4) is 0 Å². The van der Waals surface area contributed by atoms with Gasteiger partial charge in [0, 0.05) is 5.69 Å². The number of rotatable bonds is 3. The number of hydrogen-bond acceptors (Lipinski definition) is 3. The topological polar surface area (TPSA) is 38.1 Å². The molecule has 0 spiro atoms. The molecule has 15 heavy (non-hydrogen) atoms. The Morgan fingerprint density at radius 1 is 1.33 bits per heavy atom. The molecule has 0 bridgehead atoms. The zero-order chi connectivity index (χ0) is 10.7. The number of oxazole rings is 1. The molecule has 0 saturated heterocycles. The maximum Gasteiger partial charge on any atom is 0.299 e. The second-order valence-corrected chi connectivity index (χ2v) is 3.18. The molecular weight excluding hydrogens is 219 g/mol. The third kappa shape index (κ3) is 2.47. The Morgan fingerprint density at radius 3 is 2.67 bits per heavy atom. The molecule has 78 valence electrons. The molecule has 2 aromatic rings. The van der Waals surface area contributed by atoms with E-state index >= 15 is 0 Å². The summed E-state index contributed by atoms with van der Waals surface area (Å²) in [6, 6.07) is 6.25. The molecule has 0 aliphatic rings. The van der Waals surface area contributed by atoms with Gasteiger partial charge in [-0.25, -0.2) is 4.39 Å². The fourth-order valence-corrected chi connectivity index (χ4v) is 1.21. The fraction of sp³-hybridized carbons (Fsp3) is 0.100. The van der Waals surface area contributed by atoms with Crippen molar-refractivity contribution in [2.75, 3.05) is 5.32 Å². The molecule has 0 atom stereocenters. The smallest absolute Gasteiger partial charge is 0.299 e. The number of nitrogens with one attached hydrogen (secondary N) is 1. The minimum Gasteiger partial charge on any atom is -0.432 e. The highest BCUT2D eigenvalue weighted by atomic mass is 35.5. The summed E-state index contributed by atoms with van der Waals surface area (Å²) in [6.07, 6.45) is 1.47. The first kappa shape index (κ1) is 9.98. The van der Waals surface area contributed by atoms with E-state index < -0.39 is 0 Å². The van der Waals surface area contributed by atoms with Crippen LogP contribution in [0.3, 0.4) is 0 Å². The lowest BCUT2D eigenvalue weighted by molar-refractivity contribution is 0.576. The highest BCUT2D eigenvalue weighted by Crippen LogP contribution is 2.16. The number of benzene rings is 1. The van der Waals surface area contributed by atoms with Gasteiger partial charge in [0.25, 0.3) is 6.01 Å². The summed E-state index contributed by atoms with van der Waals surface area (Å²) in [6.45, 7) is 0. The first-order valence-electron chi connectivity index (χ1n) is 4.31. The van der Waals surface area contributed by atoms with Gasteiger partial charge < -0.3 is 9.73 Å². The molecule has 3 nitrogen and oxygen atoms in total. The number of nitrogens with zero attached hydrogens (tertiary/aromatic N) is 1. The van der Waals surface area contributed by atoms with Crippen molar-refractivity contribution in [3.05, 3.63) is 42.0 Å². The molecule has 2 rings (SSSR count). The molecule has 5 heteroatoms. The van der Waals surface area contributed by atoms with E-state index in [1.807, 2.05) is 0 Å². The van der Waals surface area contributed by atoms with Crippen LogP contribution in [-0.2, 0) is 5.88 Å². The Balaban J connectivity index is 2.11. The van der Waals surface area contributed by atoms with Gasteiger partial charge in [0.05, 0.1) is 11.6 Å². The molecule has 0 unspecified atom stereocenters. The monoisotopic (exact) mass is 226 g/mol. The Hall–Kier alpha value is -1.55. The van der Waals surface area contributed by atoms with Gasteiger partial charge in [-0.1, -0.05) is 0 Å². The number of anilines is 2. The van der Waals surface area contributed by atoms with Gasteiger partial charge in [0.15, 0.2) is 0 Å². The largest absolute Gasteiger partial charge is 0.432 e. The molecule has 0 fully saturated rings. The summed E-state index contributed by atoms with van der Waals surface area (Å²) < 4.78 is 17.7. The van der Waals surface area contributed by atoms with E-state index in [0.29, 0.717) is 23.3 Å². The average molecular weight is 227 g/mol. The van der Waals surface area contributed by atoms with Gasteiger partial charge in [0.1, 0.15) is 12.1 Å². The van der Waals surface area contributed by atoms with Gasteiger partial charge in [-0.05, 0) is 24.3 Å². The van der Waals surface area contributed by atoms with Crippen molar-refractivity contribution >= 4 is 23.3 Å². The van der Waals surface area contributed by atoms with Crippen molar-refractivity contribution in [2.24, 2.45) is 0 Å². The molecule has 1 N–H and O–H groups in total. The SMILES string of the molecule is Fc1ccc(Nc2nc(CCl)co2)cc1. The van der Waals surface area contributed by atoms with Crippen LogP contribution in [0, 0.1) is 5.82 Å². The van der Waals surface area contributed by atoms with Crippen LogP contribution in [-0.4, -0.2) is 4.98 Å². The molecule has 1 aromatic carbocycles. The minimum absolute atomic E-state index is 0.283. The minimum atomic E-state index is -0.283. The summed E-state index contributed by atoms with van der Waals surface area (Å²) in [5, 5.41) is 2.88. The molecule has 1 aromatic heterocycles. The molecule has 1 heterocycles. The van der Waals surface area contributed by atoms with Gasteiger partial charge in [0.2, 0.25) is 0 Å².